The van der Waals surface area contributed by atoms with Crippen molar-refractivity contribution in [1.82, 2.24) is 5.32 Å². The number of β-amino-alcohol motifs (C(OH)–C–C–N with tert-alkyl or cyclic N) is 1. The van der Waals surface area contributed by atoms with Gasteiger partial charge in [-0.1, -0.05) is 47.8 Å². The van der Waals surface area contributed by atoms with Crippen molar-refractivity contribution in [1.29, 1.82) is 0 Å². The van der Waals surface area contributed by atoms with Crippen LogP contribution in [0.3, 0.4) is 0 Å². The van der Waals surface area contributed by atoms with Crippen LogP contribution >= 0.6 is 15.9 Å². The van der Waals surface area contributed by atoms with E-state index in [2.05, 4.69) is 28.2 Å². The van der Waals surface area contributed by atoms with Gasteiger partial charge in [0.1, 0.15) is 0 Å². The molecule has 112 valence electrons. The van der Waals surface area contributed by atoms with Gasteiger partial charge in [-0.25, -0.2) is 0 Å². The van der Waals surface area contributed by atoms with E-state index in [9.17, 15) is 10.2 Å². The number of halogens is 1. The fourth-order valence-electron chi connectivity index (χ4n) is 3.17. The van der Waals surface area contributed by atoms with Crippen molar-refractivity contribution in [2.24, 2.45) is 5.92 Å². The topological polar surface area (TPSA) is 52.5 Å². The SMILES string of the molecule is CC1CCCC(CO)(NCC(O)c2cccc(Br)c2)C1. The molecule has 3 nitrogen and oxygen atoms in total. The van der Waals surface area contributed by atoms with Gasteiger partial charge in [0.25, 0.3) is 0 Å². The van der Waals surface area contributed by atoms with Crippen LogP contribution in [0.2, 0.25) is 0 Å². The Morgan fingerprint density at radius 2 is 2.30 bits per heavy atom. The lowest BCUT2D eigenvalue weighted by atomic mass is 9.76. The van der Waals surface area contributed by atoms with Crippen molar-refractivity contribution in [2.75, 3.05) is 13.2 Å². The number of nitrogens with one attached hydrogen (secondary N) is 1. The molecule has 1 aliphatic rings. The molecule has 1 aromatic carbocycles. The molecule has 2 rings (SSSR count). The molecule has 0 aromatic heterocycles. The molecule has 0 bridgehead atoms. The van der Waals surface area contributed by atoms with E-state index in [1.54, 1.807) is 0 Å². The van der Waals surface area contributed by atoms with E-state index < -0.39 is 6.10 Å². The van der Waals surface area contributed by atoms with Crippen molar-refractivity contribution in [3.8, 4) is 0 Å². The third-order valence-electron chi connectivity index (χ3n) is 4.30. The molecule has 3 atom stereocenters. The smallest absolute Gasteiger partial charge is 0.0914 e. The lowest BCUT2D eigenvalue weighted by Gasteiger charge is -2.40. The predicted octanol–water partition coefficient (Wildman–Crippen LogP) is 3.01. The first-order chi connectivity index (χ1) is 9.54. The van der Waals surface area contributed by atoms with Gasteiger partial charge < -0.3 is 15.5 Å². The van der Waals surface area contributed by atoms with Gasteiger partial charge in [0.05, 0.1) is 12.7 Å². The Morgan fingerprint density at radius 1 is 1.50 bits per heavy atom. The van der Waals surface area contributed by atoms with Gasteiger partial charge in [-0.15, -0.1) is 0 Å². The van der Waals surface area contributed by atoms with E-state index in [1.165, 1.54) is 6.42 Å². The zero-order valence-electron chi connectivity index (χ0n) is 12.0. The van der Waals surface area contributed by atoms with E-state index in [-0.39, 0.29) is 12.1 Å². The predicted molar refractivity (Wildman–Crippen MR) is 84.6 cm³/mol. The van der Waals surface area contributed by atoms with Gasteiger partial charge in [0.15, 0.2) is 0 Å². The summed E-state index contributed by atoms with van der Waals surface area (Å²) < 4.78 is 0.970. The fraction of sp³-hybridized carbons (Fsp3) is 0.625. The molecule has 0 radical (unpaired) electrons. The van der Waals surface area contributed by atoms with E-state index in [0.29, 0.717) is 12.5 Å². The maximum absolute atomic E-state index is 10.3. The summed E-state index contributed by atoms with van der Waals surface area (Å²) in [6.45, 7) is 2.85. The summed E-state index contributed by atoms with van der Waals surface area (Å²) in [7, 11) is 0. The first-order valence-corrected chi connectivity index (χ1v) is 8.13. The highest BCUT2D eigenvalue weighted by Gasteiger charge is 2.34. The van der Waals surface area contributed by atoms with Crippen LogP contribution in [0.25, 0.3) is 0 Å². The Kier molecular flexibility index (Phi) is 5.61. The zero-order chi connectivity index (χ0) is 14.6. The molecule has 0 amide bonds. The van der Waals surface area contributed by atoms with Crippen LogP contribution in [-0.2, 0) is 0 Å². The van der Waals surface area contributed by atoms with Crippen molar-refractivity contribution in [2.45, 2.75) is 44.2 Å². The van der Waals surface area contributed by atoms with Crippen LogP contribution in [0.4, 0.5) is 0 Å². The number of rotatable bonds is 5. The molecule has 1 fully saturated rings. The van der Waals surface area contributed by atoms with Gasteiger partial charge >= 0.3 is 0 Å². The minimum Gasteiger partial charge on any atom is -0.394 e. The summed E-state index contributed by atoms with van der Waals surface area (Å²) in [6.07, 6.45) is 3.79. The lowest BCUT2D eigenvalue weighted by molar-refractivity contribution is 0.0789. The number of aliphatic hydroxyl groups excluding tert-OH is 2. The number of hydrogen-bond donors (Lipinski definition) is 3. The van der Waals surface area contributed by atoms with E-state index in [1.807, 2.05) is 24.3 Å². The number of aliphatic hydroxyl groups is 2. The Bertz CT molecular complexity index is 440. The van der Waals surface area contributed by atoms with Gasteiger partial charge in [0.2, 0.25) is 0 Å². The molecule has 3 N–H and O–H groups in total. The Morgan fingerprint density at radius 3 is 2.95 bits per heavy atom. The molecular weight excluding hydrogens is 318 g/mol. The summed E-state index contributed by atoms with van der Waals surface area (Å²) in [6, 6.07) is 7.72. The minimum absolute atomic E-state index is 0.141. The van der Waals surface area contributed by atoms with Gasteiger partial charge in [0, 0.05) is 16.6 Å². The van der Waals surface area contributed by atoms with Crippen LogP contribution in [0.5, 0.6) is 0 Å². The molecular formula is C16H24BrNO2. The van der Waals surface area contributed by atoms with Crippen LogP contribution in [0.1, 0.15) is 44.3 Å². The van der Waals surface area contributed by atoms with E-state index in [0.717, 1.165) is 29.3 Å². The van der Waals surface area contributed by atoms with Crippen molar-refractivity contribution >= 4 is 15.9 Å². The maximum atomic E-state index is 10.3. The third kappa shape index (κ3) is 4.04. The van der Waals surface area contributed by atoms with Crippen molar-refractivity contribution in [3.63, 3.8) is 0 Å². The number of hydrogen-bond acceptors (Lipinski definition) is 3. The second-order valence-electron chi connectivity index (χ2n) is 6.09. The summed E-state index contributed by atoms with van der Waals surface area (Å²) in [5.41, 5.74) is 0.675. The van der Waals surface area contributed by atoms with Crippen LogP contribution in [-0.4, -0.2) is 28.9 Å². The molecule has 1 aromatic rings. The van der Waals surface area contributed by atoms with Crippen LogP contribution in [0.15, 0.2) is 28.7 Å². The van der Waals surface area contributed by atoms with Gasteiger partial charge in [-0.2, -0.15) is 0 Å². The molecule has 0 saturated heterocycles. The molecule has 4 heteroatoms. The summed E-state index contributed by atoms with van der Waals surface area (Å²) in [4.78, 5) is 0. The molecule has 0 aliphatic heterocycles. The second kappa shape index (κ2) is 7.03. The highest BCUT2D eigenvalue weighted by molar-refractivity contribution is 9.10. The van der Waals surface area contributed by atoms with E-state index >= 15 is 0 Å². The molecule has 20 heavy (non-hydrogen) atoms. The molecule has 1 saturated carbocycles. The first kappa shape index (κ1) is 16.0. The quantitative estimate of drug-likeness (QED) is 0.771. The molecule has 0 spiro atoms. The average molecular weight is 342 g/mol. The third-order valence-corrected chi connectivity index (χ3v) is 4.79. The number of benzene rings is 1. The fourth-order valence-corrected chi connectivity index (χ4v) is 3.58. The maximum Gasteiger partial charge on any atom is 0.0914 e. The van der Waals surface area contributed by atoms with Crippen LogP contribution < -0.4 is 5.32 Å². The Balaban J connectivity index is 1.96. The highest BCUT2D eigenvalue weighted by Crippen LogP contribution is 2.32. The van der Waals surface area contributed by atoms with Crippen molar-refractivity contribution < 1.29 is 10.2 Å². The van der Waals surface area contributed by atoms with Crippen LogP contribution in [0, 0.1) is 5.92 Å². The standard InChI is InChI=1S/C16H24BrNO2/c1-12-4-3-7-16(9-12,11-19)18-10-15(20)13-5-2-6-14(17)8-13/h2,5-6,8,12,15,18-20H,3-4,7,9-11H2,1H3. The largest absolute Gasteiger partial charge is 0.394 e. The normalized spacial score (nSPS) is 28.3. The Hall–Kier alpha value is -0.420. The lowest BCUT2D eigenvalue weighted by Crippen LogP contribution is -2.52. The average Bonchev–Trinajstić information content (AvgIpc) is 2.45. The summed E-state index contributed by atoms with van der Waals surface area (Å²) >= 11 is 3.42. The summed E-state index contributed by atoms with van der Waals surface area (Å²) in [5, 5.41) is 23.4. The Labute approximate surface area is 129 Å². The molecule has 0 heterocycles. The minimum atomic E-state index is -0.548. The van der Waals surface area contributed by atoms with Crippen molar-refractivity contribution in [3.05, 3.63) is 34.3 Å². The monoisotopic (exact) mass is 341 g/mol. The second-order valence-corrected chi connectivity index (χ2v) is 7.01. The van der Waals surface area contributed by atoms with Gasteiger partial charge in [-0.05, 0) is 36.5 Å². The molecule has 1 aliphatic carbocycles. The summed E-state index contributed by atoms with van der Waals surface area (Å²) in [5.74, 6) is 0.631. The van der Waals surface area contributed by atoms with E-state index in [4.69, 9.17) is 0 Å². The highest BCUT2D eigenvalue weighted by atomic mass is 79.9. The van der Waals surface area contributed by atoms with Gasteiger partial charge in [-0.3, -0.25) is 0 Å². The zero-order valence-corrected chi connectivity index (χ0v) is 13.6. The molecule has 3 unspecified atom stereocenters. The first-order valence-electron chi connectivity index (χ1n) is 7.34.